The number of halogens is 3. The first-order chi connectivity index (χ1) is 7.20. The Balaban J connectivity index is 2.60. The predicted octanol–water partition coefficient (Wildman–Crippen LogP) is 3.50. The molecule has 6 heteroatoms. The van der Waals surface area contributed by atoms with Crippen molar-refractivity contribution < 1.29 is 0 Å². The van der Waals surface area contributed by atoms with E-state index in [9.17, 15) is 0 Å². The molecule has 0 N–H and O–H groups in total. The van der Waals surface area contributed by atoms with E-state index in [0.29, 0.717) is 26.3 Å². The maximum atomic E-state index is 6.02. The molecular weight excluding hydrogens is 256 g/mol. The number of aromatic nitrogens is 3. The van der Waals surface area contributed by atoms with Crippen molar-refractivity contribution in [2.24, 2.45) is 0 Å². The van der Waals surface area contributed by atoms with Crippen LogP contribution in [0.4, 0.5) is 0 Å². The number of hydrogen-bond donors (Lipinski definition) is 0. The summed E-state index contributed by atoms with van der Waals surface area (Å²) in [4.78, 5) is 3.85. The van der Waals surface area contributed by atoms with Crippen molar-refractivity contribution in [3.63, 3.8) is 0 Å². The number of nitrogens with zero attached hydrogens (tertiary/aromatic N) is 3. The van der Waals surface area contributed by atoms with E-state index in [2.05, 4.69) is 15.2 Å². The summed E-state index contributed by atoms with van der Waals surface area (Å²) >= 11 is 17.7. The SMILES string of the molecule is Clc1ccc(-c2cncnn2)c(Cl)c1Cl. The van der Waals surface area contributed by atoms with E-state index in [-0.39, 0.29) is 0 Å². The predicted molar refractivity (Wildman–Crippen MR) is 60.3 cm³/mol. The first-order valence-corrected chi connectivity index (χ1v) is 5.10. The van der Waals surface area contributed by atoms with Crippen LogP contribution in [-0.4, -0.2) is 15.2 Å². The fourth-order valence-electron chi connectivity index (χ4n) is 1.09. The van der Waals surface area contributed by atoms with Crippen LogP contribution in [0.5, 0.6) is 0 Å². The van der Waals surface area contributed by atoms with Crippen LogP contribution in [0.2, 0.25) is 15.1 Å². The van der Waals surface area contributed by atoms with Gasteiger partial charge in [-0.05, 0) is 12.1 Å². The molecule has 15 heavy (non-hydrogen) atoms. The smallest absolute Gasteiger partial charge is 0.138 e. The van der Waals surface area contributed by atoms with Crippen LogP contribution in [0, 0.1) is 0 Å². The highest BCUT2D eigenvalue weighted by Crippen LogP contribution is 2.36. The highest BCUT2D eigenvalue weighted by molar-refractivity contribution is 6.49. The third-order valence-electron chi connectivity index (χ3n) is 1.79. The Labute approximate surface area is 101 Å². The molecule has 0 unspecified atom stereocenters. The molecule has 1 heterocycles. The highest BCUT2D eigenvalue weighted by atomic mass is 35.5. The van der Waals surface area contributed by atoms with Crippen LogP contribution >= 0.6 is 34.8 Å². The van der Waals surface area contributed by atoms with Crippen molar-refractivity contribution in [2.45, 2.75) is 0 Å². The van der Waals surface area contributed by atoms with Crippen molar-refractivity contribution in [2.75, 3.05) is 0 Å². The summed E-state index contributed by atoms with van der Waals surface area (Å²) in [5.41, 5.74) is 1.22. The molecule has 0 spiro atoms. The number of benzene rings is 1. The van der Waals surface area contributed by atoms with Crippen LogP contribution in [0.25, 0.3) is 11.3 Å². The second-order valence-corrected chi connectivity index (χ2v) is 3.88. The maximum Gasteiger partial charge on any atom is 0.138 e. The molecule has 0 aliphatic heterocycles. The molecule has 0 fully saturated rings. The molecule has 2 aromatic rings. The highest BCUT2D eigenvalue weighted by Gasteiger charge is 2.11. The Morgan fingerprint density at radius 3 is 2.47 bits per heavy atom. The number of rotatable bonds is 1. The molecule has 3 nitrogen and oxygen atoms in total. The van der Waals surface area contributed by atoms with Gasteiger partial charge in [0.05, 0.1) is 21.3 Å². The minimum atomic E-state index is 0.307. The molecule has 0 amide bonds. The minimum Gasteiger partial charge on any atom is -0.241 e. The lowest BCUT2D eigenvalue weighted by atomic mass is 10.2. The van der Waals surface area contributed by atoms with Gasteiger partial charge in [-0.25, -0.2) is 4.98 Å². The van der Waals surface area contributed by atoms with Crippen molar-refractivity contribution >= 4 is 34.8 Å². The third-order valence-corrected chi connectivity index (χ3v) is 3.09. The van der Waals surface area contributed by atoms with Crippen molar-refractivity contribution in [1.82, 2.24) is 15.2 Å². The second kappa shape index (κ2) is 4.31. The standard InChI is InChI=1S/C9H4Cl3N3/c10-6-2-1-5(8(11)9(6)12)7-3-13-4-14-15-7/h1-4H. The molecular formula is C9H4Cl3N3. The van der Waals surface area contributed by atoms with E-state index in [0.717, 1.165) is 0 Å². The Morgan fingerprint density at radius 1 is 1.00 bits per heavy atom. The first-order valence-electron chi connectivity index (χ1n) is 3.96. The molecule has 0 saturated heterocycles. The lowest BCUT2D eigenvalue weighted by Gasteiger charge is -2.04. The molecule has 1 aromatic heterocycles. The summed E-state index contributed by atoms with van der Waals surface area (Å²) in [6.07, 6.45) is 2.90. The van der Waals surface area contributed by atoms with E-state index in [1.807, 2.05) is 0 Å². The van der Waals surface area contributed by atoms with Gasteiger partial charge >= 0.3 is 0 Å². The summed E-state index contributed by atoms with van der Waals surface area (Å²) in [6.45, 7) is 0. The van der Waals surface area contributed by atoms with Gasteiger partial charge in [0, 0.05) is 5.56 Å². The summed E-state index contributed by atoms with van der Waals surface area (Å²) in [6, 6.07) is 3.38. The zero-order valence-electron chi connectivity index (χ0n) is 7.28. The van der Waals surface area contributed by atoms with Crippen LogP contribution in [-0.2, 0) is 0 Å². The zero-order chi connectivity index (χ0) is 10.8. The topological polar surface area (TPSA) is 38.7 Å². The van der Waals surface area contributed by atoms with E-state index in [1.54, 1.807) is 18.3 Å². The summed E-state index contributed by atoms with van der Waals surface area (Å²) < 4.78 is 0. The normalized spacial score (nSPS) is 10.3. The van der Waals surface area contributed by atoms with Crippen LogP contribution in [0.3, 0.4) is 0 Å². The number of hydrogen-bond acceptors (Lipinski definition) is 3. The Kier molecular flexibility index (Phi) is 3.05. The van der Waals surface area contributed by atoms with Gasteiger partial charge in [0.15, 0.2) is 0 Å². The molecule has 1 aromatic carbocycles. The van der Waals surface area contributed by atoms with Crippen LogP contribution in [0.1, 0.15) is 0 Å². The molecule has 0 saturated carbocycles. The molecule has 0 radical (unpaired) electrons. The van der Waals surface area contributed by atoms with Gasteiger partial charge < -0.3 is 0 Å². The summed E-state index contributed by atoms with van der Waals surface area (Å²) in [5, 5.41) is 8.61. The van der Waals surface area contributed by atoms with Crippen molar-refractivity contribution in [3.8, 4) is 11.3 Å². The van der Waals surface area contributed by atoms with Crippen molar-refractivity contribution in [3.05, 3.63) is 39.7 Å². The fraction of sp³-hybridized carbons (Fsp3) is 0. The van der Waals surface area contributed by atoms with Gasteiger partial charge in [-0.15, -0.1) is 10.2 Å². The zero-order valence-corrected chi connectivity index (χ0v) is 9.55. The third kappa shape index (κ3) is 2.04. The first kappa shape index (κ1) is 10.6. The van der Waals surface area contributed by atoms with Gasteiger partial charge in [-0.3, -0.25) is 0 Å². The van der Waals surface area contributed by atoms with Gasteiger partial charge in [-0.2, -0.15) is 0 Å². The summed E-state index contributed by atoms with van der Waals surface area (Å²) in [5.74, 6) is 0. The molecule has 76 valence electrons. The average molecular weight is 261 g/mol. The molecule has 0 aliphatic rings. The molecule has 0 aliphatic carbocycles. The quantitative estimate of drug-likeness (QED) is 0.737. The maximum absolute atomic E-state index is 6.02. The Morgan fingerprint density at radius 2 is 1.80 bits per heavy atom. The van der Waals surface area contributed by atoms with Gasteiger partial charge in [-0.1, -0.05) is 34.8 Å². The van der Waals surface area contributed by atoms with Gasteiger partial charge in [0.1, 0.15) is 12.0 Å². The molecule has 0 atom stereocenters. The molecule has 2 rings (SSSR count). The second-order valence-electron chi connectivity index (χ2n) is 2.72. The fourth-order valence-corrected chi connectivity index (χ4v) is 1.73. The molecule has 0 bridgehead atoms. The minimum absolute atomic E-state index is 0.307. The van der Waals surface area contributed by atoms with Gasteiger partial charge in [0.25, 0.3) is 0 Å². The van der Waals surface area contributed by atoms with E-state index in [4.69, 9.17) is 34.8 Å². The summed E-state index contributed by atoms with van der Waals surface area (Å²) in [7, 11) is 0. The average Bonchev–Trinajstić information content (AvgIpc) is 2.27. The van der Waals surface area contributed by atoms with Crippen LogP contribution in [0.15, 0.2) is 24.7 Å². The van der Waals surface area contributed by atoms with E-state index in [1.165, 1.54) is 6.33 Å². The lowest BCUT2D eigenvalue weighted by Crippen LogP contribution is -1.89. The van der Waals surface area contributed by atoms with Crippen LogP contribution < -0.4 is 0 Å². The van der Waals surface area contributed by atoms with E-state index < -0.39 is 0 Å². The monoisotopic (exact) mass is 259 g/mol. The Hall–Kier alpha value is -0.900. The van der Waals surface area contributed by atoms with Gasteiger partial charge in [0.2, 0.25) is 0 Å². The lowest BCUT2D eigenvalue weighted by molar-refractivity contribution is 0.976. The largest absolute Gasteiger partial charge is 0.241 e. The Bertz CT molecular complexity index is 487. The van der Waals surface area contributed by atoms with Crippen molar-refractivity contribution in [1.29, 1.82) is 0 Å². The van der Waals surface area contributed by atoms with E-state index >= 15 is 0 Å².